The first kappa shape index (κ1) is 23.7. The second-order valence-corrected chi connectivity index (χ2v) is 7.98. The zero-order chi connectivity index (χ0) is 19.6. The van der Waals surface area contributed by atoms with Gasteiger partial charge in [-0.1, -0.05) is 103 Å². The van der Waals surface area contributed by atoms with E-state index in [1.807, 2.05) is 0 Å². The van der Waals surface area contributed by atoms with Gasteiger partial charge in [0.25, 0.3) is 0 Å². The molecular weight excluding hydrogens is 336 g/mol. The minimum atomic E-state index is -0.812. The molecule has 0 aliphatic carbocycles. The number of hydrogen-bond acceptors (Lipinski definition) is 2. The van der Waals surface area contributed by atoms with Crippen LogP contribution in [0.2, 0.25) is 0 Å². The van der Waals surface area contributed by atoms with Gasteiger partial charge in [0, 0.05) is 18.3 Å². The molecule has 0 bridgehead atoms. The first-order valence-corrected chi connectivity index (χ1v) is 11.5. The van der Waals surface area contributed by atoms with E-state index in [0.717, 1.165) is 18.7 Å². The Kier molecular flexibility index (Phi) is 14.8. The molecule has 0 unspecified atom stereocenters. The molecular formula is C23H42N2O2. The predicted octanol–water partition coefficient (Wildman–Crippen LogP) is 6.84. The highest BCUT2D eigenvalue weighted by Crippen LogP contribution is 2.14. The number of aliphatic carboxylic acids is 1. The number of nitrogens with zero attached hydrogens (tertiary/aromatic N) is 1. The Hall–Kier alpha value is -1.32. The summed E-state index contributed by atoms with van der Waals surface area (Å²) < 4.78 is 0. The third-order valence-corrected chi connectivity index (χ3v) is 5.29. The van der Waals surface area contributed by atoms with E-state index in [0.29, 0.717) is 5.69 Å². The molecule has 2 N–H and O–H groups in total. The molecule has 4 heteroatoms. The average Bonchev–Trinajstić information content (AvgIpc) is 3.08. The number of rotatable bonds is 19. The molecule has 0 atom stereocenters. The molecule has 0 aromatic carbocycles. The van der Waals surface area contributed by atoms with Gasteiger partial charge in [-0.2, -0.15) is 0 Å². The monoisotopic (exact) mass is 378 g/mol. The van der Waals surface area contributed by atoms with Crippen molar-refractivity contribution in [3.05, 3.63) is 17.7 Å². The Balaban J connectivity index is 1.79. The van der Waals surface area contributed by atoms with Gasteiger partial charge in [-0.25, -0.2) is 4.98 Å². The SMILES string of the molecule is CCCCCCCCCCCCCCCCCCc1ncc(CC(=O)O)[nH]1. The van der Waals surface area contributed by atoms with Crippen molar-refractivity contribution in [2.24, 2.45) is 0 Å². The molecule has 0 spiro atoms. The van der Waals surface area contributed by atoms with Crippen LogP contribution in [-0.4, -0.2) is 21.0 Å². The lowest BCUT2D eigenvalue weighted by Crippen LogP contribution is -2.00. The van der Waals surface area contributed by atoms with E-state index in [1.165, 1.54) is 96.3 Å². The maximum Gasteiger partial charge on any atom is 0.309 e. The Morgan fingerprint density at radius 2 is 1.26 bits per heavy atom. The summed E-state index contributed by atoms with van der Waals surface area (Å²) in [5, 5.41) is 8.75. The van der Waals surface area contributed by atoms with E-state index in [9.17, 15) is 4.79 Å². The zero-order valence-electron chi connectivity index (χ0n) is 17.6. The minimum absolute atomic E-state index is 0.0337. The largest absolute Gasteiger partial charge is 0.481 e. The molecule has 1 rings (SSSR count). The summed E-state index contributed by atoms with van der Waals surface area (Å²) in [6.45, 7) is 2.28. The van der Waals surface area contributed by atoms with E-state index in [4.69, 9.17) is 5.11 Å². The fourth-order valence-electron chi connectivity index (χ4n) is 3.63. The van der Waals surface area contributed by atoms with Gasteiger partial charge in [0.15, 0.2) is 0 Å². The molecule has 0 amide bonds. The number of carboxylic acids is 1. The highest BCUT2D eigenvalue weighted by Gasteiger charge is 2.04. The lowest BCUT2D eigenvalue weighted by atomic mass is 10.0. The molecule has 0 radical (unpaired) electrons. The summed E-state index contributed by atoms with van der Waals surface area (Å²) in [7, 11) is 0. The lowest BCUT2D eigenvalue weighted by Gasteiger charge is -2.03. The predicted molar refractivity (Wildman–Crippen MR) is 113 cm³/mol. The Labute approximate surface area is 166 Å². The highest BCUT2D eigenvalue weighted by molar-refractivity contribution is 5.69. The van der Waals surface area contributed by atoms with Gasteiger partial charge >= 0.3 is 5.97 Å². The molecule has 0 saturated heterocycles. The van der Waals surface area contributed by atoms with Crippen molar-refractivity contribution in [1.29, 1.82) is 0 Å². The number of aromatic amines is 1. The summed E-state index contributed by atoms with van der Waals surface area (Å²) in [5.74, 6) is 0.115. The van der Waals surface area contributed by atoms with Crippen molar-refractivity contribution in [3.63, 3.8) is 0 Å². The molecule has 0 fully saturated rings. The average molecular weight is 379 g/mol. The van der Waals surface area contributed by atoms with Gasteiger partial charge in [-0.3, -0.25) is 4.79 Å². The molecule has 1 aromatic heterocycles. The first-order valence-electron chi connectivity index (χ1n) is 11.5. The summed E-state index contributed by atoms with van der Waals surface area (Å²) in [6.07, 6.45) is 24.6. The Bertz CT molecular complexity index is 471. The van der Waals surface area contributed by atoms with E-state index in [1.54, 1.807) is 6.20 Å². The Morgan fingerprint density at radius 3 is 1.70 bits per heavy atom. The topological polar surface area (TPSA) is 66.0 Å². The second kappa shape index (κ2) is 16.8. The molecule has 4 nitrogen and oxygen atoms in total. The summed E-state index contributed by atoms with van der Waals surface area (Å²) in [6, 6.07) is 0. The van der Waals surface area contributed by atoms with Gasteiger partial charge < -0.3 is 10.1 Å². The van der Waals surface area contributed by atoms with Crippen molar-refractivity contribution in [2.75, 3.05) is 0 Å². The number of carbonyl (C=O) groups is 1. The van der Waals surface area contributed by atoms with Gasteiger partial charge in [0.1, 0.15) is 5.82 Å². The van der Waals surface area contributed by atoms with Gasteiger partial charge in [0.2, 0.25) is 0 Å². The van der Waals surface area contributed by atoms with Crippen LogP contribution in [0.1, 0.15) is 121 Å². The van der Waals surface area contributed by atoms with Crippen LogP contribution in [-0.2, 0) is 17.6 Å². The van der Waals surface area contributed by atoms with Crippen LogP contribution in [0.4, 0.5) is 0 Å². The molecule has 0 aliphatic rings. The fourth-order valence-corrected chi connectivity index (χ4v) is 3.63. The third-order valence-electron chi connectivity index (χ3n) is 5.29. The van der Waals surface area contributed by atoms with Crippen molar-refractivity contribution >= 4 is 5.97 Å². The maximum atomic E-state index is 10.6. The number of unbranched alkanes of at least 4 members (excludes halogenated alkanes) is 15. The number of carboxylic acid groups (broad SMARTS) is 1. The van der Waals surface area contributed by atoms with Crippen LogP contribution in [0, 0.1) is 0 Å². The maximum absolute atomic E-state index is 10.6. The van der Waals surface area contributed by atoms with Crippen LogP contribution in [0.5, 0.6) is 0 Å². The highest BCUT2D eigenvalue weighted by atomic mass is 16.4. The molecule has 156 valence electrons. The number of nitrogens with one attached hydrogen (secondary N) is 1. The van der Waals surface area contributed by atoms with Gasteiger partial charge in [0.05, 0.1) is 6.42 Å². The molecule has 0 saturated carbocycles. The fraction of sp³-hybridized carbons (Fsp3) is 0.826. The lowest BCUT2D eigenvalue weighted by molar-refractivity contribution is -0.136. The van der Waals surface area contributed by atoms with E-state index in [2.05, 4.69) is 16.9 Å². The minimum Gasteiger partial charge on any atom is -0.481 e. The second-order valence-electron chi connectivity index (χ2n) is 7.98. The van der Waals surface area contributed by atoms with Crippen molar-refractivity contribution in [1.82, 2.24) is 9.97 Å². The van der Waals surface area contributed by atoms with Crippen LogP contribution >= 0.6 is 0 Å². The number of aromatic nitrogens is 2. The van der Waals surface area contributed by atoms with Crippen LogP contribution in [0.25, 0.3) is 0 Å². The van der Waals surface area contributed by atoms with Crippen LogP contribution < -0.4 is 0 Å². The Morgan fingerprint density at radius 1 is 0.815 bits per heavy atom. The van der Waals surface area contributed by atoms with E-state index in [-0.39, 0.29) is 6.42 Å². The quantitative estimate of drug-likeness (QED) is 0.259. The molecule has 27 heavy (non-hydrogen) atoms. The summed E-state index contributed by atoms with van der Waals surface area (Å²) in [5.41, 5.74) is 0.703. The van der Waals surface area contributed by atoms with Crippen molar-refractivity contribution in [3.8, 4) is 0 Å². The smallest absolute Gasteiger partial charge is 0.309 e. The van der Waals surface area contributed by atoms with Crippen LogP contribution in [0.15, 0.2) is 6.20 Å². The van der Waals surface area contributed by atoms with Gasteiger partial charge in [-0.15, -0.1) is 0 Å². The van der Waals surface area contributed by atoms with Crippen LogP contribution in [0.3, 0.4) is 0 Å². The summed E-state index contributed by atoms with van der Waals surface area (Å²) in [4.78, 5) is 18.0. The number of H-pyrrole nitrogens is 1. The number of aryl methyl sites for hydroxylation is 1. The summed E-state index contributed by atoms with van der Waals surface area (Å²) >= 11 is 0. The number of hydrogen-bond donors (Lipinski definition) is 2. The van der Waals surface area contributed by atoms with Crippen molar-refractivity contribution in [2.45, 2.75) is 122 Å². The molecule has 1 heterocycles. The zero-order valence-corrected chi connectivity index (χ0v) is 17.6. The van der Waals surface area contributed by atoms with Gasteiger partial charge in [-0.05, 0) is 6.42 Å². The normalized spacial score (nSPS) is 11.1. The third kappa shape index (κ3) is 14.4. The van der Waals surface area contributed by atoms with Crippen molar-refractivity contribution < 1.29 is 9.90 Å². The molecule has 1 aromatic rings. The van der Waals surface area contributed by atoms with E-state index >= 15 is 0 Å². The van der Waals surface area contributed by atoms with E-state index < -0.39 is 5.97 Å². The first-order chi connectivity index (χ1) is 13.2. The molecule has 0 aliphatic heterocycles. The number of imidazole rings is 1. The standard InChI is InChI=1S/C23H42N2O2/c1-2-3-4-5-6-7-8-9-10-11-12-13-14-15-16-17-18-22-24-20-21(25-22)19-23(26)27/h20H,2-19H2,1H3,(H,24,25)(H,26,27).